The van der Waals surface area contributed by atoms with Crippen LogP contribution >= 0.6 is 0 Å². The summed E-state index contributed by atoms with van der Waals surface area (Å²) < 4.78 is 0. The van der Waals surface area contributed by atoms with Crippen molar-refractivity contribution in [2.45, 2.75) is 69.9 Å². The summed E-state index contributed by atoms with van der Waals surface area (Å²) in [5.41, 5.74) is 1.06. The largest absolute Gasteiger partial charge is 0.387 e. The van der Waals surface area contributed by atoms with Gasteiger partial charge in [0.2, 0.25) is 5.91 Å². The number of urea groups is 1. The van der Waals surface area contributed by atoms with Gasteiger partial charge in [0.15, 0.2) is 5.78 Å². The van der Waals surface area contributed by atoms with E-state index in [1.54, 1.807) is 4.90 Å². The quantitative estimate of drug-likeness (QED) is 0.634. The molecule has 9 nitrogen and oxygen atoms in total. The number of hydrogen-bond donors (Lipinski definition) is 3. The molecule has 0 bridgehead atoms. The van der Waals surface area contributed by atoms with E-state index < -0.39 is 11.6 Å². The van der Waals surface area contributed by atoms with Crippen molar-refractivity contribution in [3.63, 3.8) is 0 Å². The zero-order valence-electron chi connectivity index (χ0n) is 19.6. The zero-order valence-corrected chi connectivity index (χ0v) is 19.6. The first kappa shape index (κ1) is 23.5. The average Bonchev–Trinajstić information content (AvgIpc) is 2.82. The van der Waals surface area contributed by atoms with Crippen molar-refractivity contribution >= 4 is 23.5 Å². The predicted molar refractivity (Wildman–Crippen MR) is 124 cm³/mol. The number of fused-ring (bicyclic) bond motifs is 1. The number of rotatable bonds is 4. The van der Waals surface area contributed by atoms with Crippen molar-refractivity contribution in [1.29, 1.82) is 0 Å². The number of carbonyl (C=O) groups excluding carboxylic acids is 3. The monoisotopic (exact) mass is 457 g/mol. The third kappa shape index (κ3) is 5.13. The number of aromatic nitrogens is 1. The molecule has 0 aliphatic carbocycles. The number of carbonyl (C=O) groups is 3. The molecule has 180 valence electrons. The maximum absolute atomic E-state index is 13.1. The summed E-state index contributed by atoms with van der Waals surface area (Å²) in [6.07, 6.45) is 4.49. The van der Waals surface area contributed by atoms with Gasteiger partial charge in [0.05, 0.1) is 5.60 Å². The van der Waals surface area contributed by atoms with E-state index in [0.717, 1.165) is 43.7 Å². The van der Waals surface area contributed by atoms with Crippen LogP contribution in [0.15, 0.2) is 12.1 Å². The number of piperidine rings is 2. The number of ketones is 1. The van der Waals surface area contributed by atoms with E-state index in [2.05, 4.69) is 22.8 Å². The maximum atomic E-state index is 13.1. The second kappa shape index (κ2) is 9.67. The fourth-order valence-electron chi connectivity index (χ4n) is 5.33. The number of nitrogens with one attached hydrogen (secondary N) is 2. The first-order valence-electron chi connectivity index (χ1n) is 12.0. The van der Waals surface area contributed by atoms with Gasteiger partial charge < -0.3 is 25.5 Å². The molecule has 1 atom stereocenters. The topological polar surface area (TPSA) is 115 Å². The summed E-state index contributed by atoms with van der Waals surface area (Å²) in [4.78, 5) is 45.0. The van der Waals surface area contributed by atoms with Gasteiger partial charge in [-0.1, -0.05) is 6.07 Å². The van der Waals surface area contributed by atoms with Crippen molar-refractivity contribution in [2.75, 3.05) is 38.0 Å². The van der Waals surface area contributed by atoms with E-state index in [1.807, 2.05) is 4.90 Å². The van der Waals surface area contributed by atoms with E-state index in [9.17, 15) is 19.5 Å². The van der Waals surface area contributed by atoms with Gasteiger partial charge in [-0.2, -0.15) is 0 Å². The lowest BCUT2D eigenvalue weighted by Crippen LogP contribution is -2.61. The number of likely N-dealkylation sites (tertiary alicyclic amines) is 2. The third-order valence-electron chi connectivity index (χ3n) is 7.29. The molecule has 3 aliphatic heterocycles. The molecule has 9 heteroatoms. The number of anilines is 1. The van der Waals surface area contributed by atoms with Gasteiger partial charge in [-0.05, 0) is 57.1 Å². The van der Waals surface area contributed by atoms with Crippen LogP contribution in [0.2, 0.25) is 0 Å². The van der Waals surface area contributed by atoms with Gasteiger partial charge in [0, 0.05) is 51.3 Å². The highest BCUT2D eigenvalue weighted by Gasteiger charge is 2.44. The number of pyridine rings is 1. The predicted octanol–water partition coefficient (Wildman–Crippen LogP) is 1.66. The van der Waals surface area contributed by atoms with Crippen LogP contribution in [0.1, 0.15) is 63.1 Å². The second-order valence-electron chi connectivity index (χ2n) is 9.65. The zero-order chi connectivity index (χ0) is 23.6. The lowest BCUT2D eigenvalue weighted by molar-refractivity contribution is -0.135. The van der Waals surface area contributed by atoms with Crippen LogP contribution in [-0.2, 0) is 16.0 Å². The Balaban J connectivity index is 1.31. The molecule has 33 heavy (non-hydrogen) atoms. The van der Waals surface area contributed by atoms with Crippen LogP contribution in [-0.4, -0.2) is 82.0 Å². The standard InChI is InChI=1S/C24H35N5O4/c1-16(30)21(26-17(2)31)24(33)9-14-29(15-10-24)23(32)28-12-7-18(8-13-28)20-6-5-19-4-3-11-25-22(19)27-20/h5-6,18,21,33H,3-4,7-15H2,1-2H3,(H,25,27)(H,26,31). The molecule has 1 unspecified atom stereocenters. The fourth-order valence-corrected chi connectivity index (χ4v) is 5.33. The lowest BCUT2D eigenvalue weighted by Gasteiger charge is -2.44. The Kier molecular flexibility index (Phi) is 6.88. The van der Waals surface area contributed by atoms with E-state index in [0.29, 0.717) is 32.1 Å². The molecule has 2 fully saturated rings. The van der Waals surface area contributed by atoms with Gasteiger partial charge in [0.1, 0.15) is 11.9 Å². The van der Waals surface area contributed by atoms with E-state index in [4.69, 9.17) is 4.98 Å². The number of amides is 3. The van der Waals surface area contributed by atoms with Crippen molar-refractivity contribution < 1.29 is 19.5 Å². The Morgan fingerprint density at radius 3 is 2.42 bits per heavy atom. The van der Waals surface area contributed by atoms with Crippen LogP contribution in [0.4, 0.5) is 10.6 Å². The highest BCUT2D eigenvalue weighted by atomic mass is 16.3. The minimum absolute atomic E-state index is 0.0190. The summed E-state index contributed by atoms with van der Waals surface area (Å²) in [7, 11) is 0. The van der Waals surface area contributed by atoms with Crippen molar-refractivity contribution in [3.05, 3.63) is 23.4 Å². The summed E-state index contributed by atoms with van der Waals surface area (Å²) in [6.45, 7) is 5.75. The number of aryl methyl sites for hydroxylation is 1. The highest BCUT2D eigenvalue weighted by Crippen LogP contribution is 2.31. The summed E-state index contributed by atoms with van der Waals surface area (Å²) >= 11 is 0. The fraction of sp³-hybridized carbons (Fsp3) is 0.667. The molecular formula is C24H35N5O4. The van der Waals surface area contributed by atoms with Crippen LogP contribution < -0.4 is 10.6 Å². The van der Waals surface area contributed by atoms with Crippen LogP contribution in [0, 0.1) is 0 Å². The minimum atomic E-state index is -1.33. The van der Waals surface area contributed by atoms with Gasteiger partial charge in [0.25, 0.3) is 0 Å². The molecule has 1 aromatic rings. The smallest absolute Gasteiger partial charge is 0.320 e. The van der Waals surface area contributed by atoms with Crippen LogP contribution in [0.5, 0.6) is 0 Å². The van der Waals surface area contributed by atoms with Crippen LogP contribution in [0.3, 0.4) is 0 Å². The average molecular weight is 458 g/mol. The molecule has 1 aromatic heterocycles. The van der Waals surface area contributed by atoms with E-state index in [-0.39, 0.29) is 30.6 Å². The Bertz CT molecular complexity index is 904. The Hall–Kier alpha value is -2.68. The second-order valence-corrected chi connectivity index (χ2v) is 9.65. The highest BCUT2D eigenvalue weighted by molar-refractivity contribution is 5.88. The summed E-state index contributed by atoms with van der Waals surface area (Å²) in [5.74, 6) is 0.736. The molecule has 0 spiro atoms. The normalized spacial score (nSPS) is 21.5. The Morgan fingerprint density at radius 2 is 1.79 bits per heavy atom. The summed E-state index contributed by atoms with van der Waals surface area (Å²) in [5, 5.41) is 17.0. The molecule has 0 radical (unpaired) electrons. The molecule has 3 aliphatic rings. The van der Waals surface area contributed by atoms with Gasteiger partial charge >= 0.3 is 6.03 Å². The SMILES string of the molecule is CC(=O)NC(C(C)=O)C1(O)CCN(C(=O)N2CCC(c3ccc4c(n3)NCCC4)CC2)CC1. The first-order valence-corrected chi connectivity index (χ1v) is 12.0. The molecule has 0 aromatic carbocycles. The summed E-state index contributed by atoms with van der Waals surface area (Å²) in [6, 6.07) is 3.36. The van der Waals surface area contributed by atoms with Gasteiger partial charge in [-0.15, -0.1) is 0 Å². The van der Waals surface area contributed by atoms with Crippen molar-refractivity contribution in [2.24, 2.45) is 0 Å². The molecule has 4 rings (SSSR count). The molecule has 2 saturated heterocycles. The van der Waals surface area contributed by atoms with Crippen molar-refractivity contribution in [1.82, 2.24) is 20.1 Å². The van der Waals surface area contributed by atoms with E-state index >= 15 is 0 Å². The number of hydrogen-bond acceptors (Lipinski definition) is 6. The lowest BCUT2D eigenvalue weighted by atomic mass is 9.82. The molecule has 3 N–H and O–H groups in total. The van der Waals surface area contributed by atoms with Gasteiger partial charge in [-0.25, -0.2) is 9.78 Å². The van der Waals surface area contributed by atoms with Crippen molar-refractivity contribution in [3.8, 4) is 0 Å². The molecule has 3 amide bonds. The van der Waals surface area contributed by atoms with Crippen LogP contribution in [0.25, 0.3) is 0 Å². The Labute approximate surface area is 194 Å². The number of aliphatic hydroxyl groups is 1. The van der Waals surface area contributed by atoms with Gasteiger partial charge in [-0.3, -0.25) is 9.59 Å². The molecule has 0 saturated carbocycles. The Morgan fingerprint density at radius 1 is 1.12 bits per heavy atom. The molecule has 4 heterocycles. The first-order chi connectivity index (χ1) is 15.8. The minimum Gasteiger partial charge on any atom is -0.387 e. The van der Waals surface area contributed by atoms with E-state index in [1.165, 1.54) is 19.4 Å². The number of Topliss-reactive ketones (excluding diaryl/α,β-unsaturated/α-hetero) is 1. The maximum Gasteiger partial charge on any atom is 0.320 e. The third-order valence-corrected chi connectivity index (χ3v) is 7.29. The number of nitrogens with zero attached hydrogens (tertiary/aromatic N) is 3. The molecular weight excluding hydrogens is 422 g/mol.